The van der Waals surface area contributed by atoms with E-state index in [2.05, 4.69) is 20.2 Å². The molecule has 12 heteroatoms. The third kappa shape index (κ3) is 5.01. The summed E-state index contributed by atoms with van der Waals surface area (Å²) in [4.78, 5) is 8.41. The maximum atomic E-state index is 14.2. The van der Waals surface area contributed by atoms with Crippen LogP contribution in [0.3, 0.4) is 0 Å². The second-order valence-corrected chi connectivity index (χ2v) is 8.70. The van der Waals surface area contributed by atoms with Crippen LogP contribution in [0.1, 0.15) is 26.0 Å². The van der Waals surface area contributed by atoms with Gasteiger partial charge in [-0.1, -0.05) is 28.9 Å². The number of nitrogens with zero attached hydrogens (tertiary/aromatic N) is 5. The summed E-state index contributed by atoms with van der Waals surface area (Å²) in [6, 6.07) is 6.51. The van der Waals surface area contributed by atoms with Gasteiger partial charge in [0.15, 0.2) is 17.3 Å². The molecule has 4 aromatic rings. The summed E-state index contributed by atoms with van der Waals surface area (Å²) in [7, 11) is 1.44. The van der Waals surface area contributed by atoms with Crippen molar-refractivity contribution in [1.29, 1.82) is 0 Å². The van der Waals surface area contributed by atoms with Gasteiger partial charge in [-0.25, -0.2) is 9.97 Å². The first-order chi connectivity index (χ1) is 16.5. The zero-order valence-corrected chi connectivity index (χ0v) is 19.7. The molecule has 0 saturated carbocycles. The average molecular weight is 508 g/mol. The average Bonchev–Trinajstić information content (AvgIpc) is 3.42. The van der Waals surface area contributed by atoms with Crippen LogP contribution >= 0.6 is 11.6 Å². The number of alkyl halides is 3. The Morgan fingerprint density at radius 1 is 1.11 bits per heavy atom. The normalized spacial score (nSPS) is 12.2. The summed E-state index contributed by atoms with van der Waals surface area (Å²) < 4.78 is 54.2. The van der Waals surface area contributed by atoms with Crippen LogP contribution in [-0.2, 0) is 12.7 Å². The molecule has 3 aromatic heterocycles. The highest BCUT2D eigenvalue weighted by Crippen LogP contribution is 2.46. The molecule has 8 nitrogen and oxygen atoms in total. The van der Waals surface area contributed by atoms with Crippen molar-refractivity contribution in [1.82, 2.24) is 24.9 Å². The number of methoxy groups -OCH3 is 1. The van der Waals surface area contributed by atoms with Crippen molar-refractivity contribution in [2.75, 3.05) is 7.11 Å². The Labute approximate surface area is 203 Å². The molecule has 0 atom stereocenters. The van der Waals surface area contributed by atoms with Gasteiger partial charge in [0.2, 0.25) is 0 Å². The van der Waals surface area contributed by atoms with E-state index in [0.29, 0.717) is 11.3 Å². The van der Waals surface area contributed by atoms with Gasteiger partial charge >= 0.3 is 6.18 Å². The molecule has 184 valence electrons. The summed E-state index contributed by atoms with van der Waals surface area (Å²) in [6.45, 7) is 2.85. The summed E-state index contributed by atoms with van der Waals surface area (Å²) in [5.74, 6) is 0.228. The van der Waals surface area contributed by atoms with E-state index < -0.39 is 17.5 Å². The number of rotatable bonds is 7. The minimum atomic E-state index is -4.78. The summed E-state index contributed by atoms with van der Waals surface area (Å²) >= 11 is 6.48. The van der Waals surface area contributed by atoms with E-state index in [-0.39, 0.29) is 46.4 Å². The first-order valence-corrected chi connectivity index (χ1v) is 10.8. The van der Waals surface area contributed by atoms with Gasteiger partial charge in [-0.05, 0) is 32.4 Å². The van der Waals surface area contributed by atoms with Gasteiger partial charge < -0.3 is 14.4 Å². The van der Waals surface area contributed by atoms with Gasteiger partial charge in [0.1, 0.15) is 11.4 Å². The zero-order valence-electron chi connectivity index (χ0n) is 19.0. The van der Waals surface area contributed by atoms with E-state index in [0.717, 1.165) is 10.9 Å². The Hall–Kier alpha value is -3.44. The highest BCUT2D eigenvalue weighted by Gasteiger charge is 2.41. The van der Waals surface area contributed by atoms with Crippen LogP contribution in [0.4, 0.5) is 13.2 Å². The van der Waals surface area contributed by atoms with Crippen molar-refractivity contribution >= 4 is 11.6 Å². The van der Waals surface area contributed by atoms with Crippen LogP contribution in [0.2, 0.25) is 5.02 Å². The Bertz CT molecular complexity index is 1330. The molecule has 0 spiro atoms. The van der Waals surface area contributed by atoms with E-state index >= 15 is 0 Å². The Balaban J connectivity index is 1.95. The molecule has 0 amide bonds. The number of hydrogen-bond acceptors (Lipinski definition) is 7. The van der Waals surface area contributed by atoms with Crippen LogP contribution in [-0.4, -0.2) is 42.7 Å². The first-order valence-electron chi connectivity index (χ1n) is 10.5. The first kappa shape index (κ1) is 24.7. The van der Waals surface area contributed by atoms with Crippen molar-refractivity contribution in [2.45, 2.75) is 38.6 Å². The molecule has 0 radical (unpaired) electrons. The van der Waals surface area contributed by atoms with Gasteiger partial charge in [0.25, 0.3) is 0 Å². The molecule has 1 N–H and O–H groups in total. The predicted molar refractivity (Wildman–Crippen MR) is 122 cm³/mol. The lowest BCUT2D eigenvalue weighted by Crippen LogP contribution is -2.24. The van der Waals surface area contributed by atoms with Crippen LogP contribution in [0.25, 0.3) is 34.0 Å². The minimum Gasteiger partial charge on any atom is -0.495 e. The number of aliphatic hydroxyl groups is 1. The lowest BCUT2D eigenvalue weighted by molar-refractivity contribution is -0.144. The second-order valence-electron chi connectivity index (χ2n) is 8.32. The number of halogens is 4. The molecule has 3 heterocycles. The summed E-state index contributed by atoms with van der Waals surface area (Å²) in [5, 5.41) is 18.2. The molecule has 0 bridgehead atoms. The van der Waals surface area contributed by atoms with E-state index in [1.54, 1.807) is 24.3 Å². The maximum absolute atomic E-state index is 14.2. The van der Waals surface area contributed by atoms with Gasteiger partial charge in [0.05, 0.1) is 35.1 Å². The molecule has 0 saturated heterocycles. The molecule has 0 aliphatic carbocycles. The van der Waals surface area contributed by atoms with E-state index in [1.807, 2.05) is 0 Å². The molecule has 0 aliphatic heterocycles. The van der Waals surface area contributed by atoms with Gasteiger partial charge in [-0.15, -0.1) is 0 Å². The van der Waals surface area contributed by atoms with Crippen molar-refractivity contribution in [3.05, 3.63) is 53.6 Å². The maximum Gasteiger partial charge on any atom is 0.433 e. The van der Waals surface area contributed by atoms with Crippen LogP contribution in [0.15, 0.2) is 47.4 Å². The van der Waals surface area contributed by atoms with Crippen LogP contribution in [0.5, 0.6) is 5.75 Å². The summed E-state index contributed by atoms with van der Waals surface area (Å²) in [5.41, 5.74) is -1.93. The second kappa shape index (κ2) is 9.31. The zero-order chi connectivity index (χ0) is 25.4. The highest BCUT2D eigenvalue weighted by molar-refractivity contribution is 6.35. The molecular weight excluding hydrogens is 487 g/mol. The fourth-order valence-electron chi connectivity index (χ4n) is 3.54. The largest absolute Gasteiger partial charge is 0.495 e. The van der Waals surface area contributed by atoms with Gasteiger partial charge in [-0.3, -0.25) is 4.68 Å². The fraction of sp³-hybridized carbons (Fsp3) is 0.304. The van der Waals surface area contributed by atoms with Crippen LogP contribution < -0.4 is 4.74 Å². The van der Waals surface area contributed by atoms with Gasteiger partial charge in [0, 0.05) is 24.5 Å². The standard InChI is InChI=1S/C23H21ClF3N5O3/c1-22(2,33)8-11-32-20(23(25,26)27)14(12-30-32)19-16(21-28-9-5-10-29-21)18(31-35-19)13-6-4-7-15(34-3)17(13)24/h4-7,9-10,12,33H,8,11H2,1-3H3. The van der Waals surface area contributed by atoms with Crippen molar-refractivity contribution in [2.24, 2.45) is 0 Å². The van der Waals surface area contributed by atoms with Crippen molar-refractivity contribution in [3.8, 4) is 39.7 Å². The molecule has 4 rings (SSSR count). The van der Waals surface area contributed by atoms with Crippen LogP contribution in [0, 0.1) is 0 Å². The van der Waals surface area contributed by atoms with Gasteiger partial charge in [-0.2, -0.15) is 18.3 Å². The molecule has 0 fully saturated rings. The summed E-state index contributed by atoms with van der Waals surface area (Å²) in [6.07, 6.45) is -0.772. The molecular formula is C23H21ClF3N5O3. The van der Waals surface area contributed by atoms with E-state index in [1.165, 1.54) is 33.4 Å². The molecule has 35 heavy (non-hydrogen) atoms. The predicted octanol–water partition coefficient (Wildman–Crippen LogP) is 5.50. The molecule has 0 unspecified atom stereocenters. The Morgan fingerprint density at radius 2 is 1.83 bits per heavy atom. The third-order valence-electron chi connectivity index (χ3n) is 5.21. The smallest absolute Gasteiger partial charge is 0.433 e. The monoisotopic (exact) mass is 507 g/mol. The number of aryl methyl sites for hydroxylation is 1. The topological polar surface area (TPSA) is 99.1 Å². The Kier molecular flexibility index (Phi) is 6.56. The minimum absolute atomic E-state index is 0.0485. The SMILES string of the molecule is COc1cccc(-c2noc(-c3cnn(CCC(C)(C)O)c3C(F)(F)F)c2-c2ncccn2)c1Cl. The van der Waals surface area contributed by atoms with Crippen molar-refractivity contribution in [3.63, 3.8) is 0 Å². The lowest BCUT2D eigenvalue weighted by atomic mass is 10.0. The highest BCUT2D eigenvalue weighted by atomic mass is 35.5. The number of benzene rings is 1. The lowest BCUT2D eigenvalue weighted by Gasteiger charge is -2.18. The fourth-order valence-corrected chi connectivity index (χ4v) is 3.84. The number of ether oxygens (including phenoxy) is 1. The molecule has 1 aromatic carbocycles. The third-order valence-corrected chi connectivity index (χ3v) is 5.60. The quantitative estimate of drug-likeness (QED) is 0.352. The Morgan fingerprint density at radius 3 is 2.46 bits per heavy atom. The van der Waals surface area contributed by atoms with E-state index in [9.17, 15) is 18.3 Å². The van der Waals surface area contributed by atoms with Crippen molar-refractivity contribution < 1.29 is 27.5 Å². The number of aromatic nitrogens is 5. The van der Waals surface area contributed by atoms with E-state index in [4.69, 9.17) is 20.9 Å². The molecule has 0 aliphatic rings. The number of hydrogen-bond donors (Lipinski definition) is 1.